The summed E-state index contributed by atoms with van der Waals surface area (Å²) in [6.07, 6.45) is 6.30. The molecule has 0 saturated carbocycles. The molecule has 10 heteroatoms. The highest BCUT2D eigenvalue weighted by molar-refractivity contribution is 5.62. The lowest BCUT2D eigenvalue weighted by atomic mass is 9.98. The summed E-state index contributed by atoms with van der Waals surface area (Å²) in [4.78, 5) is 28.0. The average molecular weight is 545 g/mol. The Morgan fingerprint density at radius 2 is 1.82 bits per heavy atom. The SMILES string of the molecule is C=CCNC=O.CC[C@@]1(O)CCc2ccc(Nc3nc(Nc4ccc(N5CCN(C)CC5)cc4)ncc3C)nc21. The fraction of sp³-hybridized carbons (Fsp3) is 0.400. The number of likely N-dealkylation sites (N-methyl/N-ethyl adjacent to an activating group) is 1. The van der Waals surface area contributed by atoms with E-state index in [0.29, 0.717) is 37.0 Å². The van der Waals surface area contributed by atoms with Crippen LogP contribution in [0.25, 0.3) is 0 Å². The Morgan fingerprint density at radius 1 is 1.07 bits per heavy atom. The van der Waals surface area contributed by atoms with Gasteiger partial charge in [-0.1, -0.05) is 19.1 Å². The first-order valence-electron chi connectivity index (χ1n) is 13.8. The maximum atomic E-state index is 10.9. The maximum absolute atomic E-state index is 10.9. The molecule has 1 fully saturated rings. The summed E-state index contributed by atoms with van der Waals surface area (Å²) in [7, 11) is 2.17. The number of carbonyl (C=O) groups is 1. The Hall–Kier alpha value is -4.02. The van der Waals surface area contributed by atoms with E-state index < -0.39 is 5.60 Å². The van der Waals surface area contributed by atoms with Crippen LogP contribution in [-0.2, 0) is 16.8 Å². The number of aromatic nitrogens is 3. The van der Waals surface area contributed by atoms with Crippen molar-refractivity contribution in [2.24, 2.45) is 0 Å². The summed E-state index contributed by atoms with van der Waals surface area (Å²) in [5.74, 6) is 1.89. The van der Waals surface area contributed by atoms with Crippen LogP contribution in [0.4, 0.5) is 29.0 Å². The van der Waals surface area contributed by atoms with Crippen LogP contribution in [0.5, 0.6) is 0 Å². The zero-order chi connectivity index (χ0) is 28.5. The summed E-state index contributed by atoms with van der Waals surface area (Å²) in [5.41, 5.74) is 4.17. The van der Waals surface area contributed by atoms with E-state index in [4.69, 9.17) is 4.98 Å². The number of carbonyl (C=O) groups excluding carboxylic acids is 1. The number of rotatable bonds is 9. The molecule has 1 aromatic carbocycles. The highest BCUT2D eigenvalue weighted by Gasteiger charge is 2.36. The topological polar surface area (TPSA) is 119 Å². The zero-order valence-electron chi connectivity index (χ0n) is 23.7. The van der Waals surface area contributed by atoms with Crippen molar-refractivity contribution in [3.63, 3.8) is 0 Å². The minimum Gasteiger partial charge on any atom is -0.384 e. The lowest BCUT2D eigenvalue weighted by molar-refractivity contribution is -0.109. The van der Waals surface area contributed by atoms with E-state index >= 15 is 0 Å². The predicted molar refractivity (Wildman–Crippen MR) is 160 cm³/mol. The van der Waals surface area contributed by atoms with Crippen molar-refractivity contribution in [3.8, 4) is 0 Å². The van der Waals surface area contributed by atoms with Crippen molar-refractivity contribution in [1.82, 2.24) is 25.2 Å². The Bertz CT molecular complexity index is 1280. The van der Waals surface area contributed by atoms with E-state index in [-0.39, 0.29) is 0 Å². The standard InChI is InChI=1S/C26H33N7O.C4H7NO/c1-4-26(34)12-11-19-5-10-22(29-23(19)26)30-24-18(2)17-27-25(31-24)28-20-6-8-21(9-7-20)33-15-13-32(3)14-16-33;1-2-3-5-4-6/h5-10,17,34H,4,11-16H2,1-3H3,(H2,27,28,29,30,31);2,4H,1,3H2,(H,5,6)/t26-;/m1./s1. The molecule has 40 heavy (non-hydrogen) atoms. The van der Waals surface area contributed by atoms with Crippen LogP contribution in [0.2, 0.25) is 0 Å². The molecule has 1 amide bonds. The number of anilines is 5. The number of piperazine rings is 1. The molecular weight excluding hydrogens is 504 g/mol. The number of aryl methyl sites for hydroxylation is 2. The van der Waals surface area contributed by atoms with Crippen LogP contribution in [0, 0.1) is 6.92 Å². The molecular formula is C30H40N8O2. The van der Waals surface area contributed by atoms with Crippen molar-refractivity contribution >= 4 is 35.4 Å². The Morgan fingerprint density at radius 3 is 2.48 bits per heavy atom. The quantitative estimate of drug-likeness (QED) is 0.181. The normalized spacial score (nSPS) is 18.2. The van der Waals surface area contributed by atoms with Gasteiger partial charge in [0, 0.05) is 55.9 Å². The van der Waals surface area contributed by atoms with Gasteiger partial charge in [-0.05, 0) is 69.1 Å². The van der Waals surface area contributed by atoms with E-state index in [1.807, 2.05) is 19.9 Å². The fourth-order valence-electron chi connectivity index (χ4n) is 4.80. The number of hydrogen-bond acceptors (Lipinski definition) is 9. The molecule has 1 saturated heterocycles. The van der Waals surface area contributed by atoms with Crippen molar-refractivity contribution in [3.05, 3.63) is 72.1 Å². The third-order valence-corrected chi connectivity index (χ3v) is 7.37. The van der Waals surface area contributed by atoms with Gasteiger partial charge in [0.2, 0.25) is 12.4 Å². The largest absolute Gasteiger partial charge is 0.384 e. The molecule has 1 atom stereocenters. The van der Waals surface area contributed by atoms with Crippen molar-refractivity contribution < 1.29 is 9.90 Å². The molecule has 10 nitrogen and oxygen atoms in total. The van der Waals surface area contributed by atoms with Gasteiger partial charge in [0.1, 0.15) is 17.2 Å². The van der Waals surface area contributed by atoms with E-state index in [1.54, 1.807) is 12.3 Å². The summed E-state index contributed by atoms with van der Waals surface area (Å²) in [5, 5.41) is 19.9. The lowest BCUT2D eigenvalue weighted by Crippen LogP contribution is -2.44. The molecule has 0 spiro atoms. The number of nitrogens with one attached hydrogen (secondary N) is 3. The number of hydrogen-bond donors (Lipinski definition) is 4. The summed E-state index contributed by atoms with van der Waals surface area (Å²) in [6, 6.07) is 12.4. The smallest absolute Gasteiger partial charge is 0.229 e. The molecule has 3 aromatic rings. The van der Waals surface area contributed by atoms with Gasteiger partial charge in [-0.2, -0.15) is 4.98 Å². The third kappa shape index (κ3) is 7.13. The van der Waals surface area contributed by atoms with Gasteiger partial charge in [0.05, 0.1) is 5.69 Å². The average Bonchev–Trinajstić information content (AvgIpc) is 3.31. The summed E-state index contributed by atoms with van der Waals surface area (Å²) >= 11 is 0. The van der Waals surface area contributed by atoms with Crippen molar-refractivity contribution in [1.29, 1.82) is 0 Å². The lowest BCUT2D eigenvalue weighted by Gasteiger charge is -2.34. The number of aliphatic hydroxyl groups is 1. The maximum Gasteiger partial charge on any atom is 0.229 e. The molecule has 4 N–H and O–H groups in total. The molecule has 0 unspecified atom stereocenters. The monoisotopic (exact) mass is 544 g/mol. The van der Waals surface area contributed by atoms with E-state index in [2.05, 4.69) is 79.7 Å². The molecule has 1 aliphatic carbocycles. The van der Waals surface area contributed by atoms with Crippen LogP contribution in [-0.4, -0.2) is 71.1 Å². The minimum atomic E-state index is -0.837. The zero-order valence-corrected chi connectivity index (χ0v) is 23.7. The summed E-state index contributed by atoms with van der Waals surface area (Å²) < 4.78 is 0. The molecule has 0 bridgehead atoms. The molecule has 5 rings (SSSR count). The second kappa shape index (κ2) is 13.4. The summed E-state index contributed by atoms with van der Waals surface area (Å²) in [6.45, 7) is 12.2. The van der Waals surface area contributed by atoms with Gasteiger partial charge in [0.25, 0.3) is 0 Å². The Labute approximate surface area is 236 Å². The number of nitrogens with zero attached hydrogens (tertiary/aromatic N) is 5. The number of fused-ring (bicyclic) bond motifs is 1. The second-order valence-corrected chi connectivity index (χ2v) is 10.2. The van der Waals surface area contributed by atoms with E-state index in [0.717, 1.165) is 61.5 Å². The van der Waals surface area contributed by atoms with Crippen LogP contribution in [0.3, 0.4) is 0 Å². The predicted octanol–water partition coefficient (Wildman–Crippen LogP) is 3.88. The highest BCUT2D eigenvalue weighted by atomic mass is 16.3. The van der Waals surface area contributed by atoms with Gasteiger partial charge in [0.15, 0.2) is 0 Å². The van der Waals surface area contributed by atoms with Gasteiger partial charge < -0.3 is 30.9 Å². The van der Waals surface area contributed by atoms with Crippen LogP contribution < -0.4 is 20.9 Å². The van der Waals surface area contributed by atoms with Crippen LogP contribution in [0.1, 0.15) is 36.6 Å². The first-order valence-corrected chi connectivity index (χ1v) is 13.8. The molecule has 2 aromatic heterocycles. The Kier molecular flexibility index (Phi) is 9.68. The number of benzene rings is 1. The number of pyridine rings is 1. The third-order valence-electron chi connectivity index (χ3n) is 7.37. The first-order chi connectivity index (χ1) is 19.3. The highest BCUT2D eigenvalue weighted by Crippen LogP contribution is 2.38. The molecule has 1 aliphatic heterocycles. The Balaban J connectivity index is 0.000000557. The van der Waals surface area contributed by atoms with Gasteiger partial charge >= 0.3 is 0 Å². The number of amides is 1. The van der Waals surface area contributed by atoms with Crippen molar-refractivity contribution in [2.75, 3.05) is 55.3 Å². The molecule has 212 valence electrons. The second-order valence-electron chi connectivity index (χ2n) is 10.2. The van der Waals surface area contributed by atoms with Gasteiger partial charge in [-0.25, -0.2) is 9.97 Å². The molecule has 2 aliphatic rings. The van der Waals surface area contributed by atoms with Crippen LogP contribution >= 0.6 is 0 Å². The van der Waals surface area contributed by atoms with Crippen LogP contribution in [0.15, 0.2) is 55.3 Å². The minimum absolute atomic E-state index is 0.520. The first kappa shape index (κ1) is 29.0. The van der Waals surface area contributed by atoms with Gasteiger partial charge in [-0.3, -0.25) is 4.79 Å². The molecule has 3 heterocycles. The van der Waals surface area contributed by atoms with E-state index in [9.17, 15) is 9.90 Å². The fourth-order valence-corrected chi connectivity index (χ4v) is 4.80. The van der Waals surface area contributed by atoms with Gasteiger partial charge in [-0.15, -0.1) is 6.58 Å². The van der Waals surface area contributed by atoms with E-state index in [1.165, 1.54) is 5.69 Å². The molecule has 0 radical (unpaired) electrons. The van der Waals surface area contributed by atoms with Crippen molar-refractivity contribution in [2.45, 2.75) is 38.7 Å².